The van der Waals surface area contributed by atoms with Gasteiger partial charge in [0.25, 0.3) is 5.56 Å². The van der Waals surface area contributed by atoms with Crippen LogP contribution in [-0.4, -0.2) is 51.8 Å². The molecule has 2 aromatic heterocycles. The molecule has 11 nitrogen and oxygen atoms in total. The van der Waals surface area contributed by atoms with E-state index in [0.29, 0.717) is 18.8 Å². The zero-order valence-corrected chi connectivity index (χ0v) is 19.0. The third-order valence-electron chi connectivity index (χ3n) is 4.48. The number of nitrogens with two attached hydrogens (primary N) is 1. The molecule has 0 saturated carbocycles. The summed E-state index contributed by atoms with van der Waals surface area (Å²) in [7, 11) is -3.58. The Bertz CT molecular complexity index is 1090. The fourth-order valence-corrected chi connectivity index (χ4v) is 4.77. The number of hydrogen-bond donors (Lipinski definition) is 2. The summed E-state index contributed by atoms with van der Waals surface area (Å²) in [5, 5.41) is 0. The van der Waals surface area contributed by atoms with Crippen molar-refractivity contribution >= 4 is 24.7 Å². The predicted octanol–water partition coefficient (Wildman–Crippen LogP) is 2.53. The monoisotopic (exact) mass is 465 g/mol. The normalized spacial score (nSPS) is 12.9. The zero-order valence-electron chi connectivity index (χ0n) is 18.1. The van der Waals surface area contributed by atoms with E-state index in [-0.39, 0.29) is 37.9 Å². The molecular formula is C20H28N5O6P. The smallest absolute Gasteiger partial charge is 0.361 e. The topological polar surface area (TPSA) is 144 Å². The van der Waals surface area contributed by atoms with E-state index in [1.807, 2.05) is 30.3 Å². The Balaban J connectivity index is 1.69. The number of nitrogens with zero attached hydrogens (tertiary/aromatic N) is 3. The number of nitrogens with one attached hydrogen (secondary N) is 1. The third kappa shape index (κ3) is 6.02. The van der Waals surface area contributed by atoms with Gasteiger partial charge in [-0.3, -0.25) is 14.3 Å². The summed E-state index contributed by atoms with van der Waals surface area (Å²) in [5.74, 6) is -0.933. The molecule has 0 aliphatic heterocycles. The first-order chi connectivity index (χ1) is 15.5. The minimum atomic E-state index is -3.58. The fraction of sp³-hybridized carbons (Fsp3) is 0.450. The molecule has 0 aliphatic carbocycles. The number of rotatable bonds is 13. The number of imidazole rings is 1. The summed E-state index contributed by atoms with van der Waals surface area (Å²) in [6.07, 6.45) is 1.47. The second-order valence-corrected chi connectivity index (χ2v) is 8.93. The maximum absolute atomic E-state index is 13.3. The van der Waals surface area contributed by atoms with Gasteiger partial charge in [-0.05, 0) is 19.4 Å². The van der Waals surface area contributed by atoms with Gasteiger partial charge in [0, 0.05) is 6.54 Å². The van der Waals surface area contributed by atoms with Crippen LogP contribution in [0.1, 0.15) is 19.4 Å². The minimum Gasteiger partial charge on any atom is -0.373 e. The van der Waals surface area contributed by atoms with Gasteiger partial charge < -0.3 is 28.8 Å². The number of hydrogen-bond acceptors (Lipinski definition) is 9. The zero-order chi connectivity index (χ0) is 23.0. The fourth-order valence-electron chi connectivity index (χ4n) is 3.07. The molecule has 2 heterocycles. The highest BCUT2D eigenvalue weighted by atomic mass is 31.2. The van der Waals surface area contributed by atoms with Crippen LogP contribution in [-0.2, 0) is 36.2 Å². The maximum Gasteiger partial charge on any atom is 0.361 e. The van der Waals surface area contributed by atoms with Crippen molar-refractivity contribution < 1.29 is 23.1 Å². The van der Waals surface area contributed by atoms with Gasteiger partial charge in [-0.1, -0.05) is 30.3 Å². The number of nitrogen functional groups attached to an aromatic ring is 1. The molecule has 0 amide bonds. The van der Waals surface area contributed by atoms with Gasteiger partial charge >= 0.3 is 7.60 Å². The molecular weight excluding hydrogens is 437 g/mol. The molecule has 1 aromatic carbocycles. The van der Waals surface area contributed by atoms with Crippen LogP contribution in [0.25, 0.3) is 11.2 Å². The van der Waals surface area contributed by atoms with E-state index in [1.165, 1.54) is 6.33 Å². The van der Waals surface area contributed by atoms with E-state index in [4.69, 9.17) is 24.3 Å². The number of ether oxygens (including phenoxy) is 2. The lowest BCUT2D eigenvalue weighted by Gasteiger charge is -2.26. The van der Waals surface area contributed by atoms with Gasteiger partial charge in [0.05, 0.1) is 39.4 Å². The lowest BCUT2D eigenvalue weighted by Crippen LogP contribution is -2.25. The molecule has 32 heavy (non-hydrogen) atoms. The molecule has 174 valence electrons. The summed E-state index contributed by atoms with van der Waals surface area (Å²) < 4.78 is 37.5. The molecule has 0 saturated heterocycles. The molecule has 0 fully saturated rings. The van der Waals surface area contributed by atoms with Crippen molar-refractivity contribution in [1.29, 1.82) is 0 Å². The highest BCUT2D eigenvalue weighted by molar-refractivity contribution is 7.54. The van der Waals surface area contributed by atoms with Crippen LogP contribution >= 0.6 is 7.60 Å². The predicted molar refractivity (Wildman–Crippen MR) is 119 cm³/mol. The average Bonchev–Trinajstić information content (AvgIpc) is 3.17. The van der Waals surface area contributed by atoms with E-state index in [1.54, 1.807) is 18.4 Å². The van der Waals surface area contributed by atoms with Crippen molar-refractivity contribution in [2.75, 3.05) is 32.2 Å². The van der Waals surface area contributed by atoms with Crippen LogP contribution in [0, 0.1) is 0 Å². The lowest BCUT2D eigenvalue weighted by atomic mass is 10.2. The summed E-state index contributed by atoms with van der Waals surface area (Å²) in [6, 6.07) is 9.62. The number of aromatic nitrogens is 4. The highest BCUT2D eigenvalue weighted by Gasteiger charge is 2.37. The van der Waals surface area contributed by atoms with Crippen molar-refractivity contribution in [2.24, 2.45) is 0 Å². The van der Waals surface area contributed by atoms with E-state index in [9.17, 15) is 9.36 Å². The highest BCUT2D eigenvalue weighted by Crippen LogP contribution is 2.53. The number of fused-ring (bicyclic) bond motifs is 1. The van der Waals surface area contributed by atoms with E-state index >= 15 is 0 Å². The van der Waals surface area contributed by atoms with Gasteiger partial charge in [-0.15, -0.1) is 0 Å². The first kappa shape index (κ1) is 24.1. The molecule has 0 radical (unpaired) electrons. The molecule has 0 spiro atoms. The van der Waals surface area contributed by atoms with Crippen LogP contribution in [0.3, 0.4) is 0 Å². The standard InChI is InChI=1S/C20H28N5O6P/c1-3-30-32(27,31-4-2)16(13-28-12-15-8-6-5-7-9-15)29-11-10-25-14-22-17-18(25)23-20(21)24-19(17)26/h5-9,14,16H,3-4,10-13H2,1-2H3,(H3,21,23,24,26). The van der Waals surface area contributed by atoms with Crippen LogP contribution in [0.15, 0.2) is 41.5 Å². The van der Waals surface area contributed by atoms with Gasteiger partial charge in [0.1, 0.15) is 0 Å². The number of H-pyrrole nitrogens is 1. The molecule has 0 aliphatic rings. The molecule has 0 bridgehead atoms. The number of anilines is 1. The Labute approximate surface area is 185 Å². The summed E-state index contributed by atoms with van der Waals surface area (Å²) in [6.45, 7) is 4.64. The largest absolute Gasteiger partial charge is 0.373 e. The lowest BCUT2D eigenvalue weighted by molar-refractivity contribution is -0.00224. The molecule has 12 heteroatoms. The first-order valence-corrected chi connectivity index (χ1v) is 11.9. The molecule has 3 N–H and O–H groups in total. The number of aromatic amines is 1. The Morgan fingerprint density at radius 3 is 2.59 bits per heavy atom. The maximum atomic E-state index is 13.3. The van der Waals surface area contributed by atoms with Crippen molar-refractivity contribution in [3.05, 3.63) is 52.6 Å². The number of benzene rings is 1. The molecule has 1 atom stereocenters. The van der Waals surface area contributed by atoms with Crippen LogP contribution in [0.2, 0.25) is 0 Å². The Morgan fingerprint density at radius 2 is 1.91 bits per heavy atom. The Kier molecular flexibility index (Phi) is 8.54. The first-order valence-electron chi connectivity index (χ1n) is 10.3. The second kappa shape index (κ2) is 11.3. The van der Waals surface area contributed by atoms with E-state index in [2.05, 4.69) is 15.0 Å². The summed E-state index contributed by atoms with van der Waals surface area (Å²) >= 11 is 0. The van der Waals surface area contributed by atoms with Crippen molar-refractivity contribution in [2.45, 2.75) is 32.8 Å². The Morgan fingerprint density at radius 1 is 1.19 bits per heavy atom. The van der Waals surface area contributed by atoms with E-state index < -0.39 is 19.0 Å². The van der Waals surface area contributed by atoms with Crippen LogP contribution in [0.4, 0.5) is 5.95 Å². The third-order valence-corrected chi connectivity index (χ3v) is 6.72. The average molecular weight is 465 g/mol. The molecule has 3 rings (SSSR count). The molecule has 1 unspecified atom stereocenters. The van der Waals surface area contributed by atoms with Gasteiger partial charge in [0.2, 0.25) is 5.95 Å². The van der Waals surface area contributed by atoms with Crippen molar-refractivity contribution in [1.82, 2.24) is 19.5 Å². The Hall–Kier alpha value is -2.56. The second-order valence-electron chi connectivity index (χ2n) is 6.76. The van der Waals surface area contributed by atoms with Crippen molar-refractivity contribution in [3.8, 4) is 0 Å². The van der Waals surface area contributed by atoms with Gasteiger partial charge in [-0.25, -0.2) is 4.98 Å². The van der Waals surface area contributed by atoms with Crippen LogP contribution in [0.5, 0.6) is 0 Å². The minimum absolute atomic E-state index is 0.00505. The van der Waals surface area contributed by atoms with Crippen molar-refractivity contribution in [3.63, 3.8) is 0 Å². The molecule has 3 aromatic rings. The van der Waals surface area contributed by atoms with Gasteiger partial charge in [0.15, 0.2) is 17.0 Å². The quantitative estimate of drug-likeness (QED) is 0.364. The summed E-state index contributed by atoms with van der Waals surface area (Å²) in [5.41, 5.74) is 6.70. The van der Waals surface area contributed by atoms with E-state index in [0.717, 1.165) is 5.56 Å². The van der Waals surface area contributed by atoms with Gasteiger partial charge in [-0.2, -0.15) is 4.98 Å². The van der Waals surface area contributed by atoms with Crippen LogP contribution < -0.4 is 11.3 Å². The summed E-state index contributed by atoms with van der Waals surface area (Å²) in [4.78, 5) is 22.5. The SMILES string of the molecule is CCOP(=O)(OCC)C(COCc1ccccc1)OCCn1cnc2c(=O)[nH]c(N)nc21.